The van der Waals surface area contributed by atoms with Crippen molar-refractivity contribution in [2.45, 2.75) is 32.4 Å². The Bertz CT molecular complexity index is 1440. The Balaban J connectivity index is 1.22. The molecule has 2 aliphatic rings. The van der Waals surface area contributed by atoms with Gasteiger partial charge in [0.2, 0.25) is 0 Å². The maximum atomic E-state index is 13.7. The van der Waals surface area contributed by atoms with Crippen LogP contribution >= 0.6 is 0 Å². The third-order valence-electron chi connectivity index (χ3n) is 6.99. The van der Waals surface area contributed by atoms with E-state index < -0.39 is 24.1 Å². The minimum atomic E-state index is -0.885. The van der Waals surface area contributed by atoms with E-state index >= 15 is 0 Å². The monoisotopic (exact) mass is 536 g/mol. The molecule has 0 unspecified atom stereocenters. The number of pyridine rings is 1. The SMILES string of the molecule is CCOc1ccc(/C=N\NC(=O)COc2ccc(F)cc2F)cc1CN1C[C@H]2C[C@@H](C1)c1cccc(=O)n1C2. The van der Waals surface area contributed by atoms with Crippen LogP contribution in [0.4, 0.5) is 8.78 Å². The fraction of sp³-hybridized carbons (Fsp3) is 0.345. The number of ether oxygens (including phenoxy) is 2. The van der Waals surface area contributed by atoms with Gasteiger partial charge in [-0.15, -0.1) is 0 Å². The Kier molecular flexibility index (Phi) is 8.02. The highest BCUT2D eigenvalue weighted by molar-refractivity contribution is 5.83. The fourth-order valence-corrected chi connectivity index (χ4v) is 5.41. The molecule has 0 radical (unpaired) electrons. The zero-order valence-electron chi connectivity index (χ0n) is 21.6. The van der Waals surface area contributed by atoms with Crippen LogP contribution in [-0.4, -0.2) is 47.9 Å². The molecular formula is C29H30F2N4O4. The van der Waals surface area contributed by atoms with E-state index in [1.165, 1.54) is 6.21 Å². The van der Waals surface area contributed by atoms with Gasteiger partial charge in [0, 0.05) is 55.5 Å². The van der Waals surface area contributed by atoms with E-state index in [9.17, 15) is 18.4 Å². The molecule has 2 aromatic carbocycles. The van der Waals surface area contributed by atoms with Crippen molar-refractivity contribution in [1.82, 2.24) is 14.9 Å². The summed E-state index contributed by atoms with van der Waals surface area (Å²) in [5.74, 6) is -0.896. The Morgan fingerprint density at radius 2 is 1.92 bits per heavy atom. The van der Waals surface area contributed by atoms with E-state index in [-0.39, 0.29) is 11.3 Å². The summed E-state index contributed by atoms with van der Waals surface area (Å²) in [4.78, 5) is 26.8. The lowest BCUT2D eigenvalue weighted by Gasteiger charge is -2.43. The predicted molar refractivity (Wildman–Crippen MR) is 142 cm³/mol. The first-order valence-corrected chi connectivity index (χ1v) is 13.0. The van der Waals surface area contributed by atoms with Gasteiger partial charge in [0.05, 0.1) is 12.8 Å². The largest absolute Gasteiger partial charge is 0.494 e. The van der Waals surface area contributed by atoms with Crippen molar-refractivity contribution in [3.8, 4) is 11.5 Å². The van der Waals surface area contributed by atoms with Crippen LogP contribution in [0.3, 0.4) is 0 Å². The van der Waals surface area contributed by atoms with Gasteiger partial charge in [0.15, 0.2) is 18.2 Å². The van der Waals surface area contributed by atoms with Gasteiger partial charge in [-0.3, -0.25) is 14.5 Å². The third kappa shape index (κ3) is 6.34. The first-order valence-electron chi connectivity index (χ1n) is 13.0. The number of piperidine rings is 1. The van der Waals surface area contributed by atoms with Crippen molar-refractivity contribution in [2.75, 3.05) is 26.3 Å². The molecule has 2 atom stereocenters. The molecule has 0 saturated carbocycles. The molecule has 39 heavy (non-hydrogen) atoms. The molecule has 0 aliphatic carbocycles. The average Bonchev–Trinajstić information content (AvgIpc) is 2.90. The zero-order chi connectivity index (χ0) is 27.4. The van der Waals surface area contributed by atoms with Gasteiger partial charge < -0.3 is 14.0 Å². The first-order chi connectivity index (χ1) is 18.9. The van der Waals surface area contributed by atoms with Gasteiger partial charge in [-0.25, -0.2) is 14.2 Å². The quantitative estimate of drug-likeness (QED) is 0.333. The highest BCUT2D eigenvalue weighted by Crippen LogP contribution is 2.36. The van der Waals surface area contributed by atoms with Crippen LogP contribution in [0, 0.1) is 17.6 Å². The molecule has 5 rings (SSSR count). The van der Waals surface area contributed by atoms with Gasteiger partial charge in [-0.05, 0) is 61.2 Å². The van der Waals surface area contributed by atoms with Crippen LogP contribution in [0.15, 0.2) is 64.5 Å². The number of hydrogen-bond donors (Lipinski definition) is 1. The van der Waals surface area contributed by atoms with Crippen molar-refractivity contribution >= 4 is 12.1 Å². The van der Waals surface area contributed by atoms with Gasteiger partial charge in [0.25, 0.3) is 11.5 Å². The van der Waals surface area contributed by atoms with Gasteiger partial charge in [-0.1, -0.05) is 6.07 Å². The second-order valence-corrected chi connectivity index (χ2v) is 9.85. The maximum Gasteiger partial charge on any atom is 0.277 e. The predicted octanol–water partition coefficient (Wildman–Crippen LogP) is 3.67. The second-order valence-electron chi connectivity index (χ2n) is 9.85. The molecule has 2 bridgehead atoms. The standard InChI is InChI=1S/C29H30F2N4O4/c1-2-38-26-8-6-19(13-32-33-28(36)18-39-27-9-7-23(30)12-24(27)31)10-22(26)17-34-14-20-11-21(16-34)25-4-3-5-29(37)35(25)15-20/h3-10,12-13,20-21H,2,11,14-18H2,1H3,(H,33,36)/b32-13-/t20-,21+/m1/s1. The number of rotatable bonds is 9. The van der Waals surface area contributed by atoms with Crippen LogP contribution in [-0.2, 0) is 17.9 Å². The summed E-state index contributed by atoms with van der Waals surface area (Å²) in [6, 6.07) is 14.1. The highest BCUT2D eigenvalue weighted by Gasteiger charge is 2.34. The summed E-state index contributed by atoms with van der Waals surface area (Å²) in [6.45, 7) is 5.18. The molecule has 0 spiro atoms. The van der Waals surface area contributed by atoms with Crippen molar-refractivity contribution < 1.29 is 23.0 Å². The van der Waals surface area contributed by atoms with Gasteiger partial charge in [-0.2, -0.15) is 5.10 Å². The number of fused-ring (bicyclic) bond motifs is 4. The molecule has 3 heterocycles. The Morgan fingerprint density at radius 3 is 2.74 bits per heavy atom. The molecule has 3 aromatic rings. The van der Waals surface area contributed by atoms with Crippen molar-refractivity contribution in [3.63, 3.8) is 0 Å². The minimum absolute atomic E-state index is 0.0718. The van der Waals surface area contributed by atoms with E-state index in [2.05, 4.69) is 21.5 Å². The average molecular weight is 537 g/mol. The molecule has 204 valence electrons. The summed E-state index contributed by atoms with van der Waals surface area (Å²) in [7, 11) is 0. The number of halogens is 2. The van der Waals surface area contributed by atoms with E-state index in [0.29, 0.717) is 31.1 Å². The molecule has 10 heteroatoms. The number of benzene rings is 2. The van der Waals surface area contributed by atoms with Crippen molar-refractivity contribution in [1.29, 1.82) is 0 Å². The molecular weight excluding hydrogens is 506 g/mol. The summed E-state index contributed by atoms with van der Waals surface area (Å²) < 4.78 is 39.6. The van der Waals surface area contributed by atoms with E-state index in [1.807, 2.05) is 35.8 Å². The van der Waals surface area contributed by atoms with E-state index in [4.69, 9.17) is 9.47 Å². The minimum Gasteiger partial charge on any atom is -0.494 e. The molecule has 1 fully saturated rings. The number of aromatic nitrogens is 1. The Labute approximate surface area is 224 Å². The number of hydrazone groups is 1. The number of nitrogens with one attached hydrogen (secondary N) is 1. The number of nitrogens with zero attached hydrogens (tertiary/aromatic N) is 3. The van der Waals surface area contributed by atoms with E-state index in [1.54, 1.807) is 6.07 Å². The third-order valence-corrected chi connectivity index (χ3v) is 6.99. The fourth-order valence-electron chi connectivity index (χ4n) is 5.41. The van der Waals surface area contributed by atoms with Crippen LogP contribution in [0.2, 0.25) is 0 Å². The molecule has 1 N–H and O–H groups in total. The molecule has 1 saturated heterocycles. The maximum absolute atomic E-state index is 13.7. The first kappa shape index (κ1) is 26.6. The molecule has 1 aromatic heterocycles. The second kappa shape index (κ2) is 11.8. The number of likely N-dealkylation sites (tertiary alicyclic amines) is 1. The Morgan fingerprint density at radius 1 is 1.08 bits per heavy atom. The summed E-state index contributed by atoms with van der Waals surface area (Å²) >= 11 is 0. The number of hydrogen-bond acceptors (Lipinski definition) is 6. The lowest BCUT2D eigenvalue weighted by Crippen LogP contribution is -2.46. The van der Waals surface area contributed by atoms with Gasteiger partial charge in [0.1, 0.15) is 11.6 Å². The Hall–Kier alpha value is -4.05. The number of carbonyl (C=O) groups is 1. The molecule has 8 nitrogen and oxygen atoms in total. The normalized spacial score (nSPS) is 18.5. The smallest absolute Gasteiger partial charge is 0.277 e. The molecule has 2 aliphatic heterocycles. The lowest BCUT2D eigenvalue weighted by molar-refractivity contribution is -0.123. The number of carbonyl (C=O) groups excluding carboxylic acids is 1. The van der Waals surface area contributed by atoms with Crippen LogP contribution in [0.25, 0.3) is 0 Å². The van der Waals surface area contributed by atoms with Gasteiger partial charge >= 0.3 is 0 Å². The summed E-state index contributed by atoms with van der Waals surface area (Å²) in [5.41, 5.74) is 5.31. The summed E-state index contributed by atoms with van der Waals surface area (Å²) in [6.07, 6.45) is 2.60. The number of amides is 1. The highest BCUT2D eigenvalue weighted by atomic mass is 19.1. The van der Waals surface area contributed by atoms with Crippen LogP contribution < -0.4 is 20.5 Å². The van der Waals surface area contributed by atoms with E-state index in [0.717, 1.165) is 60.8 Å². The molecule has 1 amide bonds. The zero-order valence-corrected chi connectivity index (χ0v) is 21.6. The van der Waals surface area contributed by atoms with Crippen LogP contribution in [0.5, 0.6) is 11.5 Å². The summed E-state index contributed by atoms with van der Waals surface area (Å²) in [5, 5.41) is 3.99. The lowest BCUT2D eigenvalue weighted by atomic mass is 9.83. The van der Waals surface area contributed by atoms with Crippen molar-refractivity contribution in [3.05, 3.63) is 93.4 Å². The van der Waals surface area contributed by atoms with Crippen molar-refractivity contribution in [2.24, 2.45) is 11.0 Å². The van der Waals surface area contributed by atoms with Crippen LogP contribution in [0.1, 0.15) is 36.1 Å². The topological polar surface area (TPSA) is 85.2 Å².